The summed E-state index contributed by atoms with van der Waals surface area (Å²) in [6, 6.07) is 8.61. The summed E-state index contributed by atoms with van der Waals surface area (Å²) in [6.45, 7) is 0. The number of hydrogen-bond acceptors (Lipinski definition) is 3. The minimum absolute atomic E-state index is 0.0696. The molecule has 1 aromatic rings. The molecule has 0 unspecified atom stereocenters. The second-order valence-corrected chi connectivity index (χ2v) is 5.75. The molecule has 0 spiro atoms. The van der Waals surface area contributed by atoms with Crippen LogP contribution < -0.4 is 4.90 Å². The Bertz CT molecular complexity index is 682. The smallest absolute Gasteiger partial charge is 0.240 e. The van der Waals surface area contributed by atoms with Crippen LogP contribution in [0.1, 0.15) is 0 Å². The lowest BCUT2D eigenvalue weighted by atomic mass is 9.70. The van der Waals surface area contributed by atoms with E-state index in [0.29, 0.717) is 5.69 Å². The molecule has 5 heteroatoms. The quantitative estimate of drug-likeness (QED) is 0.566. The first-order valence-corrected chi connectivity index (χ1v) is 6.99. The third-order valence-electron chi connectivity index (χ3n) is 4.76. The van der Waals surface area contributed by atoms with E-state index >= 15 is 0 Å². The molecule has 3 aliphatic heterocycles. The number of carbonyl (C=O) groups is 3. The maximum atomic E-state index is 12.7. The van der Waals surface area contributed by atoms with E-state index in [4.69, 9.17) is 0 Å². The zero-order valence-electron chi connectivity index (χ0n) is 11.5. The molecule has 5 nitrogen and oxygen atoms in total. The Morgan fingerprint density at radius 2 is 1.52 bits per heavy atom. The fourth-order valence-electron chi connectivity index (χ4n) is 3.74. The van der Waals surface area contributed by atoms with Crippen molar-refractivity contribution < 1.29 is 14.4 Å². The highest BCUT2D eigenvalue weighted by Crippen LogP contribution is 2.46. The van der Waals surface area contributed by atoms with Gasteiger partial charge in [0.15, 0.2) is 0 Å². The van der Waals surface area contributed by atoms with Gasteiger partial charge in [-0.25, -0.2) is 4.90 Å². The summed E-state index contributed by atoms with van der Waals surface area (Å²) in [7, 11) is 1.70. The van der Waals surface area contributed by atoms with E-state index in [0.717, 1.165) is 0 Å². The molecule has 3 amide bonds. The number of para-hydroxylation sites is 1. The van der Waals surface area contributed by atoms with Crippen molar-refractivity contribution in [3.8, 4) is 0 Å². The van der Waals surface area contributed by atoms with Crippen LogP contribution in [0.4, 0.5) is 5.69 Å². The molecule has 4 aliphatic rings. The number of likely N-dealkylation sites (N-methyl/N-ethyl adjacent to an activating group) is 1. The SMILES string of the molecule is CN1C(=O)[C@@H]2C=C[C@@H]1[C@H]1C(=O)N(c3ccccc3)C(=O)[C@H]12. The number of amides is 3. The Labute approximate surface area is 121 Å². The second kappa shape index (κ2) is 4.04. The number of hydrogen-bond donors (Lipinski definition) is 0. The zero-order chi connectivity index (χ0) is 14.7. The first kappa shape index (κ1) is 12.3. The normalized spacial score (nSPS) is 33.9. The number of nitrogens with zero attached hydrogens (tertiary/aromatic N) is 2. The molecule has 2 bridgehead atoms. The van der Waals surface area contributed by atoms with Gasteiger partial charge in [0.1, 0.15) is 0 Å². The number of imide groups is 1. The van der Waals surface area contributed by atoms with Crippen molar-refractivity contribution in [2.24, 2.45) is 17.8 Å². The summed E-state index contributed by atoms with van der Waals surface area (Å²) in [6.07, 6.45) is 3.67. The second-order valence-electron chi connectivity index (χ2n) is 5.75. The highest BCUT2D eigenvalue weighted by molar-refractivity contribution is 6.24. The van der Waals surface area contributed by atoms with Crippen molar-refractivity contribution in [3.63, 3.8) is 0 Å². The Balaban J connectivity index is 1.80. The summed E-state index contributed by atoms with van der Waals surface area (Å²) in [5.41, 5.74) is 0.580. The third-order valence-corrected chi connectivity index (χ3v) is 4.76. The maximum absolute atomic E-state index is 12.7. The van der Waals surface area contributed by atoms with Crippen molar-refractivity contribution >= 4 is 23.4 Å². The zero-order valence-corrected chi connectivity index (χ0v) is 11.5. The van der Waals surface area contributed by atoms with Gasteiger partial charge in [-0.1, -0.05) is 30.4 Å². The van der Waals surface area contributed by atoms with Crippen LogP contribution in [-0.2, 0) is 14.4 Å². The van der Waals surface area contributed by atoms with E-state index in [-0.39, 0.29) is 23.8 Å². The molecule has 2 saturated heterocycles. The largest absolute Gasteiger partial charge is 0.338 e. The van der Waals surface area contributed by atoms with Gasteiger partial charge in [-0.3, -0.25) is 14.4 Å². The summed E-state index contributed by atoms with van der Waals surface area (Å²) in [5, 5.41) is 0. The molecular formula is C16H14N2O3. The molecule has 21 heavy (non-hydrogen) atoms. The third kappa shape index (κ3) is 1.43. The van der Waals surface area contributed by atoms with Gasteiger partial charge in [-0.05, 0) is 12.1 Å². The van der Waals surface area contributed by atoms with Crippen molar-refractivity contribution in [1.82, 2.24) is 4.90 Å². The highest BCUT2D eigenvalue weighted by atomic mass is 16.2. The van der Waals surface area contributed by atoms with Crippen LogP contribution in [0.25, 0.3) is 0 Å². The average molecular weight is 282 g/mol. The number of benzene rings is 1. The molecule has 0 aromatic heterocycles. The fourth-order valence-corrected chi connectivity index (χ4v) is 3.74. The number of fused-ring (bicyclic) bond motifs is 1. The fraction of sp³-hybridized carbons (Fsp3) is 0.312. The Hall–Kier alpha value is -2.43. The van der Waals surface area contributed by atoms with Crippen molar-refractivity contribution in [3.05, 3.63) is 42.5 Å². The van der Waals surface area contributed by atoms with Gasteiger partial charge >= 0.3 is 0 Å². The molecule has 0 N–H and O–H groups in total. The van der Waals surface area contributed by atoms with E-state index in [1.807, 2.05) is 12.1 Å². The molecule has 3 heterocycles. The van der Waals surface area contributed by atoms with Crippen LogP contribution >= 0.6 is 0 Å². The van der Waals surface area contributed by atoms with Crippen LogP contribution in [-0.4, -0.2) is 35.7 Å². The van der Waals surface area contributed by atoms with E-state index in [1.165, 1.54) is 4.90 Å². The van der Waals surface area contributed by atoms with Gasteiger partial charge in [0, 0.05) is 7.05 Å². The standard InChI is InChI=1S/C16H14N2O3/c1-17-11-8-7-10(14(17)19)12-13(11)16(21)18(15(12)20)9-5-3-2-4-6-9/h2-8,10-13H,1H3/t10-,11-,12+,13-/m1/s1. The molecule has 0 radical (unpaired) electrons. The van der Waals surface area contributed by atoms with Crippen LogP contribution in [0.2, 0.25) is 0 Å². The Morgan fingerprint density at radius 3 is 2.24 bits per heavy atom. The van der Waals surface area contributed by atoms with Crippen LogP contribution in [0.15, 0.2) is 42.5 Å². The maximum Gasteiger partial charge on any atom is 0.240 e. The molecule has 106 valence electrons. The van der Waals surface area contributed by atoms with Crippen LogP contribution in [0.5, 0.6) is 0 Å². The highest BCUT2D eigenvalue weighted by Gasteiger charge is 2.61. The van der Waals surface area contributed by atoms with Gasteiger partial charge in [0.25, 0.3) is 0 Å². The summed E-state index contributed by atoms with van der Waals surface area (Å²) < 4.78 is 0. The van der Waals surface area contributed by atoms with Crippen molar-refractivity contribution in [2.75, 3.05) is 11.9 Å². The lowest BCUT2D eigenvalue weighted by Crippen LogP contribution is -2.57. The average Bonchev–Trinajstić information content (AvgIpc) is 2.78. The van der Waals surface area contributed by atoms with Gasteiger partial charge in [0.05, 0.1) is 29.5 Å². The topological polar surface area (TPSA) is 57.7 Å². The van der Waals surface area contributed by atoms with E-state index < -0.39 is 17.8 Å². The van der Waals surface area contributed by atoms with E-state index in [1.54, 1.807) is 42.3 Å². The minimum atomic E-state index is -0.545. The number of anilines is 1. The van der Waals surface area contributed by atoms with Gasteiger partial charge < -0.3 is 4.90 Å². The van der Waals surface area contributed by atoms with Crippen LogP contribution in [0, 0.1) is 17.8 Å². The lowest BCUT2D eigenvalue weighted by molar-refractivity contribution is -0.148. The lowest BCUT2D eigenvalue weighted by Gasteiger charge is -2.44. The molecule has 0 saturated carbocycles. The first-order valence-electron chi connectivity index (χ1n) is 6.99. The molecule has 1 aromatic carbocycles. The molecular weight excluding hydrogens is 268 g/mol. The molecule has 5 rings (SSSR count). The molecule has 2 fully saturated rings. The van der Waals surface area contributed by atoms with Gasteiger partial charge in [-0.15, -0.1) is 0 Å². The van der Waals surface area contributed by atoms with Crippen molar-refractivity contribution in [2.45, 2.75) is 6.04 Å². The number of carbonyl (C=O) groups excluding carboxylic acids is 3. The predicted octanol–water partition coefficient (Wildman–Crippen LogP) is 0.819. The van der Waals surface area contributed by atoms with Gasteiger partial charge in [-0.2, -0.15) is 0 Å². The van der Waals surface area contributed by atoms with E-state index in [2.05, 4.69) is 0 Å². The number of piperidine rings is 1. The summed E-state index contributed by atoms with van der Waals surface area (Å²) in [4.78, 5) is 40.5. The van der Waals surface area contributed by atoms with Crippen LogP contribution in [0.3, 0.4) is 0 Å². The molecule has 4 atom stereocenters. The van der Waals surface area contributed by atoms with E-state index in [9.17, 15) is 14.4 Å². The molecule has 1 aliphatic carbocycles. The predicted molar refractivity (Wildman–Crippen MR) is 75.1 cm³/mol. The number of rotatable bonds is 1. The summed E-state index contributed by atoms with van der Waals surface area (Å²) in [5.74, 6) is -2.02. The first-order chi connectivity index (χ1) is 10.1. The monoisotopic (exact) mass is 282 g/mol. The minimum Gasteiger partial charge on any atom is -0.338 e. The van der Waals surface area contributed by atoms with Gasteiger partial charge in [0.2, 0.25) is 17.7 Å². The summed E-state index contributed by atoms with van der Waals surface area (Å²) >= 11 is 0. The Morgan fingerprint density at radius 1 is 0.857 bits per heavy atom. The Kier molecular flexibility index (Phi) is 2.37. The van der Waals surface area contributed by atoms with Crippen molar-refractivity contribution in [1.29, 1.82) is 0 Å².